The van der Waals surface area contributed by atoms with E-state index >= 15 is 0 Å². The first-order chi connectivity index (χ1) is 11.2. The summed E-state index contributed by atoms with van der Waals surface area (Å²) < 4.78 is 3.29. The molecule has 3 rings (SSSR count). The van der Waals surface area contributed by atoms with Crippen molar-refractivity contribution >= 4 is 27.7 Å². The molecule has 0 spiro atoms. The monoisotopic (exact) mass is 387 g/mol. The highest BCUT2D eigenvalue weighted by molar-refractivity contribution is 9.10. The zero-order chi connectivity index (χ0) is 16.2. The molecule has 0 atom stereocenters. The van der Waals surface area contributed by atoms with E-state index in [1.165, 1.54) is 11.1 Å². The number of halogens is 1. The molecule has 0 aliphatic rings. The quantitative estimate of drug-likeness (QED) is 0.554. The van der Waals surface area contributed by atoms with Crippen molar-refractivity contribution < 1.29 is 0 Å². The van der Waals surface area contributed by atoms with E-state index in [1.807, 2.05) is 6.07 Å². The summed E-state index contributed by atoms with van der Waals surface area (Å²) in [5.41, 5.74) is 3.65. The van der Waals surface area contributed by atoms with Gasteiger partial charge in [0.15, 0.2) is 11.0 Å². The van der Waals surface area contributed by atoms with E-state index < -0.39 is 0 Å². The van der Waals surface area contributed by atoms with Crippen LogP contribution in [-0.4, -0.2) is 14.8 Å². The minimum Gasteiger partial charge on any atom is -0.302 e. The first-order valence-corrected chi connectivity index (χ1v) is 9.33. The average Bonchev–Trinajstić information content (AvgIpc) is 2.97. The predicted molar refractivity (Wildman–Crippen MR) is 99.6 cm³/mol. The van der Waals surface area contributed by atoms with E-state index in [-0.39, 0.29) is 0 Å². The molecule has 0 radical (unpaired) electrons. The molecular weight excluding hydrogens is 370 g/mol. The van der Waals surface area contributed by atoms with Gasteiger partial charge in [-0.15, -0.1) is 10.2 Å². The number of thioether (sulfide) groups is 1. The summed E-state index contributed by atoms with van der Waals surface area (Å²) in [5, 5.41) is 9.80. The van der Waals surface area contributed by atoms with Crippen LogP contribution in [0.25, 0.3) is 11.4 Å². The van der Waals surface area contributed by atoms with Gasteiger partial charge in [0.25, 0.3) is 0 Å². The molecule has 0 fully saturated rings. The van der Waals surface area contributed by atoms with Gasteiger partial charge >= 0.3 is 0 Å². The molecule has 3 aromatic rings. The van der Waals surface area contributed by atoms with Crippen molar-refractivity contribution in [2.24, 2.45) is 0 Å². The summed E-state index contributed by atoms with van der Waals surface area (Å²) in [7, 11) is 0. The molecule has 0 bridgehead atoms. The van der Waals surface area contributed by atoms with Crippen molar-refractivity contribution in [3.8, 4) is 11.4 Å². The maximum absolute atomic E-state index is 4.43. The lowest BCUT2D eigenvalue weighted by Gasteiger charge is -2.09. The third-order valence-corrected chi connectivity index (χ3v) is 5.27. The molecule has 0 aliphatic carbocycles. The van der Waals surface area contributed by atoms with Crippen LogP contribution in [0.5, 0.6) is 0 Å². The first-order valence-electron chi connectivity index (χ1n) is 7.55. The summed E-state index contributed by atoms with van der Waals surface area (Å²) in [5.74, 6) is 1.84. The Bertz CT molecular complexity index is 796. The molecule has 5 heteroatoms. The number of hydrogen-bond acceptors (Lipinski definition) is 3. The average molecular weight is 388 g/mol. The zero-order valence-electron chi connectivity index (χ0n) is 13.2. The molecule has 0 unspecified atom stereocenters. The van der Waals surface area contributed by atoms with Gasteiger partial charge in [-0.25, -0.2) is 0 Å². The maximum atomic E-state index is 4.43. The minimum absolute atomic E-state index is 0.860. The second-order valence-corrected chi connectivity index (χ2v) is 7.14. The molecule has 0 saturated heterocycles. The van der Waals surface area contributed by atoms with Crippen LogP contribution < -0.4 is 0 Å². The standard InChI is InChI=1S/C18H18BrN3S/c1-3-22-17(16-7-5-4-6-13(16)2)20-21-18(22)23-12-14-8-10-15(19)11-9-14/h4-11H,3,12H2,1-2H3. The normalized spacial score (nSPS) is 10.9. The van der Waals surface area contributed by atoms with E-state index in [9.17, 15) is 0 Å². The van der Waals surface area contributed by atoms with Gasteiger partial charge in [-0.05, 0) is 37.1 Å². The highest BCUT2D eigenvalue weighted by atomic mass is 79.9. The molecule has 2 aromatic carbocycles. The lowest BCUT2D eigenvalue weighted by molar-refractivity contribution is 0.687. The second-order valence-electron chi connectivity index (χ2n) is 5.28. The van der Waals surface area contributed by atoms with Crippen molar-refractivity contribution in [3.05, 3.63) is 64.1 Å². The highest BCUT2D eigenvalue weighted by Crippen LogP contribution is 2.28. The fourth-order valence-corrected chi connectivity index (χ4v) is 3.65. The smallest absolute Gasteiger partial charge is 0.191 e. The zero-order valence-corrected chi connectivity index (χ0v) is 15.6. The van der Waals surface area contributed by atoms with Crippen LogP contribution in [0, 0.1) is 6.92 Å². The van der Waals surface area contributed by atoms with E-state index in [0.717, 1.165) is 33.3 Å². The number of benzene rings is 2. The molecule has 118 valence electrons. The SMILES string of the molecule is CCn1c(SCc2ccc(Br)cc2)nnc1-c1ccccc1C. The highest BCUT2D eigenvalue weighted by Gasteiger charge is 2.14. The molecule has 0 aliphatic heterocycles. The third kappa shape index (κ3) is 3.67. The Morgan fingerprint density at radius 2 is 1.78 bits per heavy atom. The maximum Gasteiger partial charge on any atom is 0.191 e. The summed E-state index contributed by atoms with van der Waals surface area (Å²) in [6.07, 6.45) is 0. The van der Waals surface area contributed by atoms with Crippen LogP contribution in [0.3, 0.4) is 0 Å². The minimum atomic E-state index is 0.860. The van der Waals surface area contributed by atoms with E-state index in [0.29, 0.717) is 0 Å². The Kier molecular flexibility index (Phi) is 5.18. The van der Waals surface area contributed by atoms with Gasteiger partial charge in [-0.2, -0.15) is 0 Å². The summed E-state index contributed by atoms with van der Waals surface area (Å²) >= 11 is 5.19. The second kappa shape index (κ2) is 7.32. The van der Waals surface area contributed by atoms with E-state index in [1.54, 1.807) is 11.8 Å². The van der Waals surface area contributed by atoms with Gasteiger partial charge in [0.1, 0.15) is 0 Å². The molecule has 1 heterocycles. The predicted octanol–water partition coefficient (Wildman–Crippen LogP) is 5.33. The topological polar surface area (TPSA) is 30.7 Å². The Hall–Kier alpha value is -1.59. The Balaban J connectivity index is 1.84. The molecule has 0 N–H and O–H groups in total. The number of nitrogens with zero attached hydrogens (tertiary/aromatic N) is 3. The van der Waals surface area contributed by atoms with Crippen molar-refractivity contribution in [3.63, 3.8) is 0 Å². The van der Waals surface area contributed by atoms with Gasteiger partial charge in [-0.1, -0.05) is 64.1 Å². The van der Waals surface area contributed by atoms with Crippen molar-refractivity contribution in [2.45, 2.75) is 31.3 Å². The van der Waals surface area contributed by atoms with Crippen LogP contribution in [0.4, 0.5) is 0 Å². The van der Waals surface area contributed by atoms with Crippen molar-refractivity contribution in [1.29, 1.82) is 0 Å². The largest absolute Gasteiger partial charge is 0.302 e. The van der Waals surface area contributed by atoms with Crippen molar-refractivity contribution in [2.75, 3.05) is 0 Å². The number of rotatable bonds is 5. The number of hydrogen-bond donors (Lipinski definition) is 0. The number of aryl methyl sites for hydroxylation is 1. The van der Waals surface area contributed by atoms with Gasteiger partial charge in [0.05, 0.1) is 0 Å². The summed E-state index contributed by atoms with van der Waals surface area (Å²) in [6.45, 7) is 5.10. The van der Waals surface area contributed by atoms with E-state index in [2.05, 4.69) is 87.0 Å². The lowest BCUT2D eigenvalue weighted by atomic mass is 10.1. The van der Waals surface area contributed by atoms with Gasteiger partial charge in [0, 0.05) is 22.3 Å². The molecular formula is C18H18BrN3S. The molecule has 23 heavy (non-hydrogen) atoms. The Labute approximate surface area is 149 Å². The molecule has 3 nitrogen and oxygen atoms in total. The molecule has 1 aromatic heterocycles. The van der Waals surface area contributed by atoms with Crippen LogP contribution in [0.15, 0.2) is 58.2 Å². The fraction of sp³-hybridized carbons (Fsp3) is 0.222. The Morgan fingerprint density at radius 3 is 2.48 bits per heavy atom. The van der Waals surface area contributed by atoms with Gasteiger partial charge < -0.3 is 4.57 Å². The summed E-state index contributed by atoms with van der Waals surface area (Å²) in [4.78, 5) is 0. The van der Waals surface area contributed by atoms with Gasteiger partial charge in [0.2, 0.25) is 0 Å². The molecule has 0 saturated carbocycles. The van der Waals surface area contributed by atoms with Crippen LogP contribution in [-0.2, 0) is 12.3 Å². The lowest BCUT2D eigenvalue weighted by Crippen LogP contribution is -2.00. The fourth-order valence-electron chi connectivity index (χ4n) is 2.43. The molecule has 0 amide bonds. The van der Waals surface area contributed by atoms with Crippen LogP contribution >= 0.6 is 27.7 Å². The third-order valence-electron chi connectivity index (χ3n) is 3.70. The van der Waals surface area contributed by atoms with E-state index in [4.69, 9.17) is 0 Å². The van der Waals surface area contributed by atoms with Crippen LogP contribution in [0.2, 0.25) is 0 Å². The first kappa shape index (κ1) is 16.3. The number of aromatic nitrogens is 3. The van der Waals surface area contributed by atoms with Crippen molar-refractivity contribution in [1.82, 2.24) is 14.8 Å². The summed E-state index contributed by atoms with van der Waals surface area (Å²) in [6, 6.07) is 16.7. The van der Waals surface area contributed by atoms with Crippen LogP contribution in [0.1, 0.15) is 18.1 Å². The van der Waals surface area contributed by atoms with Gasteiger partial charge in [-0.3, -0.25) is 0 Å². The Morgan fingerprint density at radius 1 is 1.04 bits per heavy atom.